The lowest BCUT2D eigenvalue weighted by molar-refractivity contribution is -0.135. The molecule has 7 heteroatoms. The molecule has 1 aromatic rings. The molecule has 3 amide bonds. The van der Waals surface area contributed by atoms with E-state index in [0.717, 1.165) is 25.9 Å². The Hall–Kier alpha value is -2.28. The van der Waals surface area contributed by atoms with Gasteiger partial charge in [0.15, 0.2) is 0 Å². The van der Waals surface area contributed by atoms with Gasteiger partial charge in [0, 0.05) is 58.6 Å². The highest BCUT2D eigenvalue weighted by Crippen LogP contribution is 2.23. The van der Waals surface area contributed by atoms with Crippen LogP contribution in [0.4, 0.5) is 10.5 Å². The highest BCUT2D eigenvalue weighted by atomic mass is 16.5. The van der Waals surface area contributed by atoms with Gasteiger partial charge >= 0.3 is 6.03 Å². The maximum Gasteiger partial charge on any atom is 0.317 e. The SMILES string of the molecule is COCC(=O)N1CCCN(C(=O)NCC2CCN(c3ccccc3)C2)CC1. The number of hydrogen-bond acceptors (Lipinski definition) is 4. The second-order valence-electron chi connectivity index (χ2n) is 7.28. The number of anilines is 1. The lowest BCUT2D eigenvalue weighted by Gasteiger charge is -2.23. The Bertz CT molecular complexity index is 625. The van der Waals surface area contributed by atoms with Crippen LogP contribution in [0.1, 0.15) is 12.8 Å². The van der Waals surface area contributed by atoms with Gasteiger partial charge < -0.3 is 24.8 Å². The van der Waals surface area contributed by atoms with E-state index in [1.54, 1.807) is 4.90 Å². The molecule has 0 aliphatic carbocycles. The number of nitrogens with one attached hydrogen (secondary N) is 1. The summed E-state index contributed by atoms with van der Waals surface area (Å²) in [7, 11) is 1.53. The molecule has 27 heavy (non-hydrogen) atoms. The molecule has 2 saturated heterocycles. The Morgan fingerprint density at radius 2 is 1.81 bits per heavy atom. The van der Waals surface area contributed by atoms with Crippen LogP contribution in [0.2, 0.25) is 0 Å². The molecule has 7 nitrogen and oxygen atoms in total. The largest absolute Gasteiger partial charge is 0.375 e. The number of rotatable bonds is 5. The lowest BCUT2D eigenvalue weighted by atomic mass is 10.1. The van der Waals surface area contributed by atoms with E-state index in [0.29, 0.717) is 38.6 Å². The fourth-order valence-electron chi connectivity index (χ4n) is 3.80. The first-order valence-electron chi connectivity index (χ1n) is 9.77. The highest BCUT2D eigenvalue weighted by Gasteiger charge is 2.25. The van der Waals surface area contributed by atoms with Crippen LogP contribution in [-0.4, -0.2) is 81.3 Å². The van der Waals surface area contributed by atoms with Gasteiger partial charge in [0.05, 0.1) is 0 Å². The summed E-state index contributed by atoms with van der Waals surface area (Å²) in [5.74, 6) is 0.465. The van der Waals surface area contributed by atoms with E-state index >= 15 is 0 Å². The van der Waals surface area contributed by atoms with Crippen LogP contribution in [0.5, 0.6) is 0 Å². The molecule has 0 aromatic heterocycles. The molecule has 1 aromatic carbocycles. The van der Waals surface area contributed by atoms with Crippen LogP contribution in [0.15, 0.2) is 30.3 Å². The molecule has 0 spiro atoms. The quantitative estimate of drug-likeness (QED) is 0.846. The van der Waals surface area contributed by atoms with Crippen molar-refractivity contribution in [2.24, 2.45) is 5.92 Å². The van der Waals surface area contributed by atoms with E-state index in [-0.39, 0.29) is 18.5 Å². The average Bonchev–Trinajstić information content (AvgIpc) is 3.03. The molecule has 1 atom stereocenters. The molecule has 2 aliphatic heterocycles. The molecule has 2 fully saturated rings. The van der Waals surface area contributed by atoms with E-state index in [9.17, 15) is 9.59 Å². The number of amides is 3. The summed E-state index contributed by atoms with van der Waals surface area (Å²) in [5, 5.41) is 3.10. The van der Waals surface area contributed by atoms with E-state index in [4.69, 9.17) is 4.74 Å². The monoisotopic (exact) mass is 374 g/mol. The number of carbonyl (C=O) groups is 2. The zero-order valence-electron chi connectivity index (χ0n) is 16.1. The molecule has 0 bridgehead atoms. The summed E-state index contributed by atoms with van der Waals surface area (Å²) in [6, 6.07) is 10.4. The third-order valence-corrected chi connectivity index (χ3v) is 5.35. The molecule has 0 saturated carbocycles. The zero-order chi connectivity index (χ0) is 19.1. The first kappa shape index (κ1) is 19.5. The van der Waals surface area contributed by atoms with E-state index < -0.39 is 0 Å². The van der Waals surface area contributed by atoms with Crippen LogP contribution in [0.3, 0.4) is 0 Å². The van der Waals surface area contributed by atoms with Gasteiger partial charge in [-0.1, -0.05) is 18.2 Å². The summed E-state index contributed by atoms with van der Waals surface area (Å²) in [4.78, 5) is 30.5. The van der Waals surface area contributed by atoms with Crippen LogP contribution in [-0.2, 0) is 9.53 Å². The van der Waals surface area contributed by atoms with Crippen molar-refractivity contribution in [1.82, 2.24) is 15.1 Å². The first-order valence-corrected chi connectivity index (χ1v) is 9.77. The van der Waals surface area contributed by atoms with Gasteiger partial charge in [0.25, 0.3) is 0 Å². The minimum Gasteiger partial charge on any atom is -0.375 e. The number of carbonyl (C=O) groups excluding carboxylic acids is 2. The van der Waals surface area contributed by atoms with Crippen molar-refractivity contribution in [3.63, 3.8) is 0 Å². The predicted octanol–water partition coefficient (Wildman–Crippen LogP) is 1.40. The van der Waals surface area contributed by atoms with Crippen molar-refractivity contribution in [1.29, 1.82) is 0 Å². The standard InChI is InChI=1S/C20H30N4O3/c1-27-16-19(25)22-9-5-10-23(13-12-22)20(26)21-14-17-8-11-24(15-17)18-6-3-2-4-7-18/h2-4,6-7,17H,5,8-16H2,1H3,(H,21,26). The lowest BCUT2D eigenvalue weighted by Crippen LogP contribution is -2.44. The summed E-state index contributed by atoms with van der Waals surface area (Å²) >= 11 is 0. The Labute approximate surface area is 161 Å². The summed E-state index contributed by atoms with van der Waals surface area (Å²) in [6.07, 6.45) is 1.89. The van der Waals surface area contributed by atoms with Gasteiger partial charge in [-0.2, -0.15) is 0 Å². The molecular formula is C20H30N4O3. The Kier molecular flexibility index (Phi) is 6.92. The second kappa shape index (κ2) is 9.60. The van der Waals surface area contributed by atoms with Gasteiger partial charge in [-0.25, -0.2) is 4.79 Å². The first-order chi connectivity index (χ1) is 13.2. The van der Waals surface area contributed by atoms with Crippen molar-refractivity contribution < 1.29 is 14.3 Å². The summed E-state index contributed by atoms with van der Waals surface area (Å²) < 4.78 is 4.92. The minimum absolute atomic E-state index is 0.00767. The molecule has 148 valence electrons. The Morgan fingerprint density at radius 3 is 2.59 bits per heavy atom. The molecule has 3 rings (SSSR count). The zero-order valence-corrected chi connectivity index (χ0v) is 16.1. The van der Waals surface area contributed by atoms with Crippen molar-refractivity contribution in [3.8, 4) is 0 Å². The maximum absolute atomic E-state index is 12.5. The van der Waals surface area contributed by atoms with Crippen LogP contribution < -0.4 is 10.2 Å². The molecule has 0 radical (unpaired) electrons. The number of methoxy groups -OCH3 is 1. The number of ether oxygens (including phenoxy) is 1. The predicted molar refractivity (Wildman–Crippen MR) is 105 cm³/mol. The Morgan fingerprint density at radius 1 is 1.07 bits per heavy atom. The van der Waals surface area contributed by atoms with E-state index in [1.165, 1.54) is 12.8 Å². The third kappa shape index (κ3) is 5.35. The number of para-hydroxylation sites is 1. The highest BCUT2D eigenvalue weighted by molar-refractivity contribution is 5.78. The number of hydrogen-bond donors (Lipinski definition) is 1. The average molecular weight is 374 g/mol. The van der Waals surface area contributed by atoms with Crippen LogP contribution in [0.25, 0.3) is 0 Å². The van der Waals surface area contributed by atoms with E-state index in [2.05, 4.69) is 34.5 Å². The molecule has 2 heterocycles. The van der Waals surface area contributed by atoms with Gasteiger partial charge in [-0.05, 0) is 30.9 Å². The number of urea groups is 1. The van der Waals surface area contributed by atoms with Gasteiger partial charge in [-0.3, -0.25) is 4.79 Å². The van der Waals surface area contributed by atoms with Gasteiger partial charge in [0.1, 0.15) is 6.61 Å². The van der Waals surface area contributed by atoms with Gasteiger partial charge in [-0.15, -0.1) is 0 Å². The molecule has 1 unspecified atom stereocenters. The van der Waals surface area contributed by atoms with Crippen molar-refractivity contribution >= 4 is 17.6 Å². The summed E-state index contributed by atoms with van der Waals surface area (Å²) in [5.41, 5.74) is 1.25. The fourth-order valence-corrected chi connectivity index (χ4v) is 3.80. The van der Waals surface area contributed by atoms with Crippen molar-refractivity contribution in [2.45, 2.75) is 12.8 Å². The molecule has 2 aliphatic rings. The van der Waals surface area contributed by atoms with Crippen LogP contribution in [0, 0.1) is 5.92 Å². The van der Waals surface area contributed by atoms with Gasteiger partial charge in [0.2, 0.25) is 5.91 Å². The second-order valence-corrected chi connectivity index (χ2v) is 7.28. The number of benzene rings is 1. The maximum atomic E-state index is 12.5. The number of nitrogens with zero attached hydrogens (tertiary/aromatic N) is 3. The molecule has 1 N–H and O–H groups in total. The van der Waals surface area contributed by atoms with Crippen LogP contribution >= 0.6 is 0 Å². The molecular weight excluding hydrogens is 344 g/mol. The fraction of sp³-hybridized carbons (Fsp3) is 0.600. The van der Waals surface area contributed by atoms with Crippen molar-refractivity contribution in [3.05, 3.63) is 30.3 Å². The Balaban J connectivity index is 1.41. The third-order valence-electron chi connectivity index (χ3n) is 5.35. The topological polar surface area (TPSA) is 65.1 Å². The normalized spacial score (nSPS) is 20.5. The summed E-state index contributed by atoms with van der Waals surface area (Å²) in [6.45, 7) is 5.32. The van der Waals surface area contributed by atoms with E-state index in [1.807, 2.05) is 11.0 Å². The minimum atomic E-state index is -0.0193. The van der Waals surface area contributed by atoms with Crippen molar-refractivity contribution in [2.75, 3.05) is 64.4 Å². The smallest absolute Gasteiger partial charge is 0.317 e.